The number of nitrogens with zero attached hydrogens (tertiary/aromatic N) is 3. The molecule has 8 nitrogen and oxygen atoms in total. The van der Waals surface area contributed by atoms with Gasteiger partial charge in [-0.3, -0.25) is 19.3 Å². The number of carbonyl (C=O) groups is 1. The van der Waals surface area contributed by atoms with Crippen molar-refractivity contribution in [3.63, 3.8) is 0 Å². The first-order chi connectivity index (χ1) is 25.5. The molecule has 1 spiro atoms. The van der Waals surface area contributed by atoms with E-state index < -0.39 is 15.3 Å². The maximum Gasteiger partial charge on any atom is 0.262 e. The molecule has 3 fully saturated rings. The van der Waals surface area contributed by atoms with E-state index in [1.807, 2.05) is 25.3 Å². The molecule has 8 rings (SSSR count). The quantitative estimate of drug-likeness (QED) is 0.279. The molecule has 4 aliphatic heterocycles. The number of piperazine rings is 1. The summed E-state index contributed by atoms with van der Waals surface area (Å²) < 4.78 is 30.3. The molecular formula is C43H59ClN4O4S. The number of anilines is 1. The van der Waals surface area contributed by atoms with Crippen molar-refractivity contribution >= 4 is 38.8 Å². The third-order valence-corrected chi connectivity index (χ3v) is 15.8. The van der Waals surface area contributed by atoms with Gasteiger partial charge in [-0.2, -0.15) is 0 Å². The lowest BCUT2D eigenvalue weighted by molar-refractivity contribution is -0.100. The van der Waals surface area contributed by atoms with Gasteiger partial charge < -0.3 is 14.4 Å². The lowest BCUT2D eigenvalue weighted by Gasteiger charge is -2.53. The Balaban J connectivity index is 1.19. The third-order valence-electron chi connectivity index (χ3n) is 14.0. The van der Waals surface area contributed by atoms with Crippen molar-refractivity contribution in [3.8, 4) is 5.75 Å². The number of carbonyl (C=O) groups excluding carboxylic acids is 1. The zero-order chi connectivity index (χ0) is 37.0. The van der Waals surface area contributed by atoms with Crippen molar-refractivity contribution in [2.24, 2.45) is 23.7 Å². The van der Waals surface area contributed by atoms with Crippen molar-refractivity contribution in [1.29, 1.82) is 0 Å². The molecule has 0 radical (unpaired) electrons. The van der Waals surface area contributed by atoms with Crippen LogP contribution in [0, 0.1) is 23.7 Å². The maximum absolute atomic E-state index is 13.9. The molecule has 8 atom stereocenters. The number of hydrogen-bond acceptors (Lipinski definition) is 7. The molecule has 2 aromatic carbocycles. The van der Waals surface area contributed by atoms with Gasteiger partial charge in [0.2, 0.25) is 0 Å². The zero-order valence-electron chi connectivity index (χ0n) is 32.0. The van der Waals surface area contributed by atoms with Crippen LogP contribution in [0.3, 0.4) is 0 Å². The van der Waals surface area contributed by atoms with Gasteiger partial charge in [0.1, 0.15) is 11.4 Å². The standard InChI is InChI=1S/C43H59ClN4O4S/c1-30-16-18-43(51-3,28-46-20-21-47-19-6-5-9-36(47)25-46)38-13-10-34(38)24-48-27-42(17-7-8-32-22-35(44)12-14-37(32)42)29-52-40-15-11-33(23-39(40)48)41(49)45-53(4,50)26-31(30)2/h11-12,14-16,18,22-23,30-31,34,36,38H,4-10,13,17,19-21,24-29H2,1-3H3,(H,45,49,50)/b18-16+/t30-,31+,34-,36+,38+,42-,43+,53?/m0/s1. The molecule has 288 valence electrons. The van der Waals surface area contributed by atoms with Crippen molar-refractivity contribution in [2.75, 3.05) is 70.2 Å². The summed E-state index contributed by atoms with van der Waals surface area (Å²) in [5.74, 6) is 5.66. The second kappa shape index (κ2) is 14.8. The highest BCUT2D eigenvalue weighted by molar-refractivity contribution is 7.99. The Morgan fingerprint density at radius 2 is 1.92 bits per heavy atom. The van der Waals surface area contributed by atoms with Gasteiger partial charge in [-0.25, -0.2) is 4.21 Å². The fourth-order valence-corrected chi connectivity index (χ4v) is 12.5. The molecule has 6 aliphatic rings. The zero-order valence-corrected chi connectivity index (χ0v) is 33.6. The molecule has 2 saturated heterocycles. The highest BCUT2D eigenvalue weighted by Crippen LogP contribution is 2.49. The number of hydrogen-bond donors (Lipinski definition) is 1. The number of rotatable bonds is 3. The lowest BCUT2D eigenvalue weighted by atomic mass is 9.63. The highest BCUT2D eigenvalue weighted by Gasteiger charge is 2.50. The second-order valence-electron chi connectivity index (χ2n) is 17.4. The first-order valence-electron chi connectivity index (χ1n) is 20.2. The van der Waals surface area contributed by atoms with Gasteiger partial charge >= 0.3 is 0 Å². The summed E-state index contributed by atoms with van der Waals surface area (Å²) in [6.07, 6.45) is 13.9. The summed E-state index contributed by atoms with van der Waals surface area (Å²) in [6.45, 7) is 11.9. The Morgan fingerprint density at radius 3 is 2.74 bits per heavy atom. The van der Waals surface area contributed by atoms with Crippen LogP contribution in [0.4, 0.5) is 5.69 Å². The Kier molecular flexibility index (Phi) is 10.5. The molecule has 1 amide bonds. The van der Waals surface area contributed by atoms with Crippen LogP contribution in [0.2, 0.25) is 5.02 Å². The smallest absolute Gasteiger partial charge is 0.262 e. The van der Waals surface area contributed by atoms with Gasteiger partial charge in [0.15, 0.2) is 0 Å². The van der Waals surface area contributed by atoms with Crippen molar-refractivity contribution in [2.45, 2.75) is 82.3 Å². The molecule has 1 unspecified atom stereocenters. The van der Waals surface area contributed by atoms with Gasteiger partial charge in [-0.1, -0.05) is 50.1 Å². The average molecular weight is 763 g/mol. The number of benzene rings is 2. The van der Waals surface area contributed by atoms with Crippen LogP contribution in [-0.2, 0) is 26.3 Å². The Bertz CT molecular complexity index is 1840. The van der Waals surface area contributed by atoms with Crippen LogP contribution in [0.1, 0.15) is 80.3 Å². The van der Waals surface area contributed by atoms with E-state index in [1.165, 1.54) is 36.9 Å². The van der Waals surface area contributed by atoms with Gasteiger partial charge in [-0.15, -0.1) is 0 Å². The number of aryl methyl sites for hydroxylation is 1. The van der Waals surface area contributed by atoms with Crippen molar-refractivity contribution in [3.05, 3.63) is 70.3 Å². The topological polar surface area (TPSA) is 74.3 Å². The largest absolute Gasteiger partial charge is 0.490 e. The normalized spacial score (nSPS) is 37.2. The minimum atomic E-state index is -2.90. The number of piperidine rings is 1. The lowest BCUT2D eigenvalue weighted by Crippen LogP contribution is -2.61. The van der Waals surface area contributed by atoms with Gasteiger partial charge in [0, 0.05) is 83.9 Å². The fraction of sp³-hybridized carbons (Fsp3) is 0.628. The summed E-state index contributed by atoms with van der Waals surface area (Å²) in [6, 6.07) is 12.7. The summed E-state index contributed by atoms with van der Waals surface area (Å²) in [4.78, 5) is 21.7. The molecule has 53 heavy (non-hydrogen) atoms. The first-order valence-corrected chi connectivity index (χ1v) is 22.4. The first kappa shape index (κ1) is 37.4. The van der Waals surface area contributed by atoms with Crippen LogP contribution in [0.15, 0.2) is 48.6 Å². The van der Waals surface area contributed by atoms with Gasteiger partial charge in [0.05, 0.1) is 12.3 Å². The molecular weight excluding hydrogens is 704 g/mol. The van der Waals surface area contributed by atoms with E-state index in [-0.39, 0.29) is 23.2 Å². The minimum absolute atomic E-state index is 0.0439. The van der Waals surface area contributed by atoms with E-state index in [0.29, 0.717) is 35.8 Å². The minimum Gasteiger partial charge on any atom is -0.490 e. The van der Waals surface area contributed by atoms with E-state index in [4.69, 9.17) is 21.1 Å². The van der Waals surface area contributed by atoms with Crippen LogP contribution in [-0.4, -0.2) is 103 Å². The SMILES string of the molecule is C=S1(=O)C[C@@H](C)[C@@H](C)/C=C/[C@](CN2CCN3CCCC[C@@H]3C2)(OC)[C@@H]2CC[C@H]2CN2C[C@@]3(CCCc4cc(Cl)ccc43)COc3ccc(cc32)C(=O)N1. The number of nitrogens with one attached hydrogen (secondary N) is 1. The monoisotopic (exact) mass is 762 g/mol. The average Bonchev–Trinajstić information content (AvgIpc) is 3.27. The molecule has 1 N–H and O–H groups in total. The number of allylic oxidation sites excluding steroid dienone is 1. The number of amides is 1. The van der Waals surface area contributed by atoms with Crippen LogP contribution < -0.4 is 14.4 Å². The molecule has 0 aromatic heterocycles. The second-order valence-corrected chi connectivity index (χ2v) is 20.0. The van der Waals surface area contributed by atoms with Gasteiger partial charge in [0.25, 0.3) is 5.91 Å². The summed E-state index contributed by atoms with van der Waals surface area (Å²) in [5.41, 5.74) is 3.37. The Morgan fingerprint density at radius 1 is 1.06 bits per heavy atom. The fourth-order valence-electron chi connectivity index (χ4n) is 10.6. The van der Waals surface area contributed by atoms with E-state index in [0.717, 1.165) is 87.8 Å². The summed E-state index contributed by atoms with van der Waals surface area (Å²) >= 11 is 6.53. The summed E-state index contributed by atoms with van der Waals surface area (Å²) in [7, 11) is -0.983. The number of methoxy groups -OCH3 is 1. The molecule has 10 heteroatoms. The molecule has 2 aromatic rings. The molecule has 2 bridgehead atoms. The van der Waals surface area contributed by atoms with Gasteiger partial charge in [-0.05, 0) is 122 Å². The van der Waals surface area contributed by atoms with Crippen molar-refractivity contribution in [1.82, 2.24) is 14.5 Å². The molecule has 2 aliphatic carbocycles. The molecule has 4 heterocycles. The predicted octanol–water partition coefficient (Wildman–Crippen LogP) is 6.60. The summed E-state index contributed by atoms with van der Waals surface area (Å²) in [5, 5.41) is 0.774. The number of halogens is 1. The molecule has 1 saturated carbocycles. The Labute approximate surface area is 322 Å². The third kappa shape index (κ3) is 7.42. The predicted molar refractivity (Wildman–Crippen MR) is 217 cm³/mol. The number of fused-ring (bicyclic) bond motifs is 5. The van der Waals surface area contributed by atoms with Crippen molar-refractivity contribution < 1.29 is 18.5 Å². The maximum atomic E-state index is 13.9. The van der Waals surface area contributed by atoms with Crippen LogP contribution in [0.5, 0.6) is 5.75 Å². The number of ether oxygens (including phenoxy) is 2. The van der Waals surface area contributed by atoms with E-state index >= 15 is 0 Å². The Hall–Kier alpha value is -2.56. The van der Waals surface area contributed by atoms with Crippen LogP contribution in [0.25, 0.3) is 0 Å². The van der Waals surface area contributed by atoms with E-state index in [1.54, 1.807) is 6.07 Å². The van der Waals surface area contributed by atoms with E-state index in [2.05, 4.69) is 63.4 Å². The van der Waals surface area contributed by atoms with E-state index in [9.17, 15) is 9.00 Å². The highest BCUT2D eigenvalue weighted by atomic mass is 35.5. The van der Waals surface area contributed by atoms with Crippen LogP contribution >= 0.6 is 11.6 Å².